The third-order valence-electron chi connectivity index (χ3n) is 4.86. The molecule has 1 aliphatic carbocycles. The summed E-state index contributed by atoms with van der Waals surface area (Å²) < 4.78 is 30.7. The molecule has 7 heteroatoms. The number of fused-ring (bicyclic) bond motifs is 1. The number of hydrogen-bond acceptors (Lipinski definition) is 5. The summed E-state index contributed by atoms with van der Waals surface area (Å²) in [4.78, 5) is 24.1. The van der Waals surface area contributed by atoms with Crippen LogP contribution in [0.3, 0.4) is 0 Å². The van der Waals surface area contributed by atoms with Crippen molar-refractivity contribution < 1.29 is 22.7 Å². The SMILES string of the molecule is CCS(=O)(=O)N1CCc2cc(C(=O)COC(=O)C[C@H]3C=CCC3)ccc21. The molecule has 0 spiro atoms. The smallest absolute Gasteiger partial charge is 0.306 e. The predicted molar refractivity (Wildman–Crippen MR) is 98.7 cm³/mol. The summed E-state index contributed by atoms with van der Waals surface area (Å²) >= 11 is 0. The molecule has 0 aromatic heterocycles. The predicted octanol–water partition coefficient (Wildman–Crippen LogP) is 2.48. The average Bonchev–Trinajstić information content (AvgIpc) is 3.28. The van der Waals surface area contributed by atoms with Crippen LogP contribution in [0.25, 0.3) is 0 Å². The van der Waals surface area contributed by atoms with Crippen molar-refractivity contribution in [3.8, 4) is 0 Å². The molecule has 6 nitrogen and oxygen atoms in total. The van der Waals surface area contributed by atoms with Gasteiger partial charge in [-0.3, -0.25) is 13.9 Å². The molecule has 1 aliphatic heterocycles. The Kier molecular flexibility index (Phi) is 5.46. The second kappa shape index (κ2) is 7.61. The fourth-order valence-corrected chi connectivity index (χ4v) is 4.52. The number of carbonyl (C=O) groups excluding carboxylic acids is 2. The Morgan fingerprint density at radius 1 is 1.31 bits per heavy atom. The monoisotopic (exact) mass is 377 g/mol. The number of hydrogen-bond donors (Lipinski definition) is 0. The molecule has 0 bridgehead atoms. The highest BCUT2D eigenvalue weighted by molar-refractivity contribution is 7.92. The van der Waals surface area contributed by atoms with E-state index >= 15 is 0 Å². The molecule has 1 atom stereocenters. The van der Waals surface area contributed by atoms with E-state index in [1.165, 1.54) is 4.31 Å². The second-order valence-electron chi connectivity index (χ2n) is 6.62. The first-order valence-corrected chi connectivity index (χ1v) is 10.5. The van der Waals surface area contributed by atoms with E-state index in [0.29, 0.717) is 30.6 Å². The minimum absolute atomic E-state index is 0.0409. The Labute approximate surface area is 153 Å². The van der Waals surface area contributed by atoms with E-state index < -0.39 is 10.0 Å². The van der Waals surface area contributed by atoms with E-state index in [9.17, 15) is 18.0 Å². The first kappa shape index (κ1) is 18.6. The highest BCUT2D eigenvalue weighted by atomic mass is 32.2. The van der Waals surface area contributed by atoms with Gasteiger partial charge < -0.3 is 4.74 Å². The van der Waals surface area contributed by atoms with Crippen LogP contribution in [-0.4, -0.2) is 39.1 Å². The summed E-state index contributed by atoms with van der Waals surface area (Å²) in [7, 11) is -3.30. The van der Waals surface area contributed by atoms with Crippen LogP contribution in [0.4, 0.5) is 5.69 Å². The van der Waals surface area contributed by atoms with Crippen molar-refractivity contribution in [3.05, 3.63) is 41.5 Å². The molecule has 0 saturated heterocycles. The van der Waals surface area contributed by atoms with Gasteiger partial charge in [0.25, 0.3) is 0 Å². The van der Waals surface area contributed by atoms with Crippen molar-refractivity contribution in [1.29, 1.82) is 0 Å². The number of benzene rings is 1. The first-order chi connectivity index (χ1) is 12.4. The maximum Gasteiger partial charge on any atom is 0.306 e. The molecular weight excluding hydrogens is 354 g/mol. The molecule has 0 fully saturated rings. The number of rotatable bonds is 7. The number of nitrogens with zero attached hydrogens (tertiary/aromatic N) is 1. The van der Waals surface area contributed by atoms with Gasteiger partial charge in [-0.15, -0.1) is 0 Å². The molecular formula is C19H23NO5S. The molecule has 2 aliphatic rings. The first-order valence-electron chi connectivity index (χ1n) is 8.89. The standard InChI is InChI=1S/C19H23NO5S/c1-2-26(23,24)20-10-9-15-12-16(7-8-17(15)20)18(21)13-25-19(22)11-14-5-3-4-6-14/h3,5,7-8,12,14H,2,4,6,9-11,13H2,1H3/t14-/m0/s1. The second-order valence-corrected chi connectivity index (χ2v) is 8.80. The fraction of sp³-hybridized carbons (Fsp3) is 0.474. The largest absolute Gasteiger partial charge is 0.457 e. The molecule has 1 heterocycles. The minimum Gasteiger partial charge on any atom is -0.457 e. The Hall–Kier alpha value is -2.15. The summed E-state index contributed by atoms with van der Waals surface area (Å²) in [5, 5.41) is 0. The number of Topliss-reactive ketones (excluding diaryl/α,β-unsaturated/α-hetero) is 1. The Balaban J connectivity index is 1.61. The lowest BCUT2D eigenvalue weighted by Gasteiger charge is -2.18. The third-order valence-corrected chi connectivity index (χ3v) is 6.64. The van der Waals surface area contributed by atoms with E-state index in [1.807, 2.05) is 6.08 Å². The number of ether oxygens (including phenoxy) is 1. The van der Waals surface area contributed by atoms with Gasteiger partial charge in [0.15, 0.2) is 12.4 Å². The third kappa shape index (κ3) is 3.98. The van der Waals surface area contributed by atoms with Crippen LogP contribution in [0.5, 0.6) is 0 Å². The van der Waals surface area contributed by atoms with Crippen molar-refractivity contribution in [2.45, 2.75) is 32.6 Å². The number of anilines is 1. The quantitative estimate of drug-likeness (QED) is 0.414. The van der Waals surface area contributed by atoms with Crippen LogP contribution < -0.4 is 4.31 Å². The Morgan fingerprint density at radius 2 is 2.12 bits per heavy atom. The lowest BCUT2D eigenvalue weighted by atomic mass is 10.1. The Bertz CT molecular complexity index is 843. The normalized spacial score (nSPS) is 18.8. The topological polar surface area (TPSA) is 80.8 Å². The lowest BCUT2D eigenvalue weighted by molar-refractivity contribution is -0.143. The fourth-order valence-electron chi connectivity index (χ4n) is 3.36. The van der Waals surface area contributed by atoms with Gasteiger partial charge in [0.05, 0.1) is 17.9 Å². The molecule has 0 amide bonds. The Morgan fingerprint density at radius 3 is 2.81 bits per heavy atom. The van der Waals surface area contributed by atoms with Crippen molar-refractivity contribution in [1.82, 2.24) is 0 Å². The van der Waals surface area contributed by atoms with E-state index in [4.69, 9.17) is 4.74 Å². The van der Waals surface area contributed by atoms with Crippen LogP contribution in [-0.2, 0) is 26.0 Å². The van der Waals surface area contributed by atoms with Crippen molar-refractivity contribution in [2.24, 2.45) is 5.92 Å². The van der Waals surface area contributed by atoms with Gasteiger partial charge in [0.2, 0.25) is 10.0 Å². The molecule has 0 unspecified atom stereocenters. The van der Waals surface area contributed by atoms with Gasteiger partial charge in [0, 0.05) is 12.1 Å². The summed E-state index contributed by atoms with van der Waals surface area (Å²) in [6, 6.07) is 4.96. The van der Waals surface area contributed by atoms with Crippen LogP contribution in [0.2, 0.25) is 0 Å². The molecule has 1 aromatic carbocycles. The van der Waals surface area contributed by atoms with Gasteiger partial charge in [-0.2, -0.15) is 0 Å². The number of ketones is 1. The zero-order chi connectivity index (χ0) is 18.7. The molecule has 0 N–H and O–H groups in total. The van der Waals surface area contributed by atoms with Crippen LogP contribution in [0.15, 0.2) is 30.4 Å². The molecule has 0 saturated carbocycles. The van der Waals surface area contributed by atoms with Crippen LogP contribution in [0, 0.1) is 5.92 Å². The number of sulfonamides is 1. The van der Waals surface area contributed by atoms with Crippen LogP contribution in [0.1, 0.15) is 42.1 Å². The number of carbonyl (C=O) groups is 2. The minimum atomic E-state index is -3.30. The van der Waals surface area contributed by atoms with Gasteiger partial charge >= 0.3 is 5.97 Å². The number of esters is 1. The maximum atomic E-state index is 12.3. The van der Waals surface area contributed by atoms with Gasteiger partial charge in [-0.25, -0.2) is 8.42 Å². The summed E-state index contributed by atoms with van der Waals surface area (Å²) in [5.74, 6) is -0.389. The summed E-state index contributed by atoms with van der Waals surface area (Å²) in [6.45, 7) is 1.72. The summed E-state index contributed by atoms with van der Waals surface area (Å²) in [6.07, 6.45) is 6.87. The van der Waals surface area contributed by atoms with Crippen molar-refractivity contribution >= 4 is 27.5 Å². The lowest BCUT2D eigenvalue weighted by Crippen LogP contribution is -2.30. The maximum absolute atomic E-state index is 12.3. The molecule has 1 aromatic rings. The highest BCUT2D eigenvalue weighted by Crippen LogP contribution is 2.31. The van der Waals surface area contributed by atoms with E-state index in [2.05, 4.69) is 6.08 Å². The van der Waals surface area contributed by atoms with Gasteiger partial charge in [0.1, 0.15) is 0 Å². The summed E-state index contributed by atoms with van der Waals surface area (Å²) in [5.41, 5.74) is 1.90. The van der Waals surface area contributed by atoms with Crippen molar-refractivity contribution in [2.75, 3.05) is 23.2 Å². The zero-order valence-electron chi connectivity index (χ0n) is 14.8. The molecule has 3 rings (SSSR count). The van der Waals surface area contributed by atoms with Crippen LogP contribution >= 0.6 is 0 Å². The van der Waals surface area contributed by atoms with E-state index in [-0.39, 0.29) is 30.0 Å². The van der Waals surface area contributed by atoms with Crippen molar-refractivity contribution in [3.63, 3.8) is 0 Å². The van der Waals surface area contributed by atoms with E-state index in [0.717, 1.165) is 18.4 Å². The molecule has 26 heavy (non-hydrogen) atoms. The molecule has 0 radical (unpaired) electrons. The molecule has 140 valence electrons. The zero-order valence-corrected chi connectivity index (χ0v) is 15.6. The van der Waals surface area contributed by atoms with Gasteiger partial charge in [-0.05, 0) is 55.9 Å². The average molecular weight is 377 g/mol. The number of allylic oxidation sites excluding steroid dienone is 2. The van der Waals surface area contributed by atoms with E-state index in [1.54, 1.807) is 25.1 Å². The van der Waals surface area contributed by atoms with Gasteiger partial charge in [-0.1, -0.05) is 12.2 Å². The highest BCUT2D eigenvalue weighted by Gasteiger charge is 2.28.